The summed E-state index contributed by atoms with van der Waals surface area (Å²) in [5.74, 6) is -9.61. The van der Waals surface area contributed by atoms with Gasteiger partial charge in [-0.1, -0.05) is 0 Å². The van der Waals surface area contributed by atoms with Crippen LogP contribution in [-0.2, 0) is 25.6 Å². The number of aliphatic hydroxyl groups excluding tert-OH is 2. The molecule has 1 aromatic rings. The van der Waals surface area contributed by atoms with Gasteiger partial charge in [-0.25, -0.2) is 4.39 Å². The first-order valence-electron chi connectivity index (χ1n) is 13.0. The molecule has 1 heterocycles. The number of fused-ring (bicyclic) bond motifs is 3. The molecule has 1 aliphatic heterocycles. The molecule has 1 saturated carbocycles. The maximum Gasteiger partial charge on any atom is 0.255 e. The van der Waals surface area contributed by atoms with Crippen molar-refractivity contribution in [2.75, 3.05) is 39.0 Å². The topological polar surface area (TPSA) is 194 Å². The first-order valence-corrected chi connectivity index (χ1v) is 13.0. The number of carbonyl (C=O) groups is 4. The molecule has 4 aliphatic rings. The molecule has 1 saturated heterocycles. The Morgan fingerprint density at radius 1 is 1.20 bits per heavy atom. The summed E-state index contributed by atoms with van der Waals surface area (Å²) in [6.45, 7) is 1.49. The fraction of sp³-hybridized carbons (Fsp3) is 0.481. The van der Waals surface area contributed by atoms with Crippen molar-refractivity contribution in [3.8, 4) is 5.75 Å². The van der Waals surface area contributed by atoms with Crippen LogP contribution in [0.2, 0.25) is 0 Å². The van der Waals surface area contributed by atoms with Gasteiger partial charge in [0.05, 0.1) is 23.8 Å². The van der Waals surface area contributed by atoms with Crippen LogP contribution in [0.1, 0.15) is 30.4 Å². The fourth-order valence-corrected chi connectivity index (χ4v) is 6.69. The normalized spacial score (nSPS) is 28.5. The Morgan fingerprint density at radius 2 is 1.85 bits per heavy atom. The Morgan fingerprint density at radius 3 is 2.45 bits per heavy atom. The summed E-state index contributed by atoms with van der Waals surface area (Å²) in [6.07, 6.45) is 1.56. The SMILES string of the molecule is CN(C)[C@@H]1C(=O)C(C(N)=O)=C(O)[C@@]2(O)C(=O)C3=C(O)c4c(O)c(NC(=O)CN5CCCC5)cc(F)c4CC3CC12. The Kier molecular flexibility index (Phi) is 6.71. The van der Waals surface area contributed by atoms with E-state index in [1.54, 1.807) is 0 Å². The van der Waals surface area contributed by atoms with Gasteiger partial charge in [-0.05, 0) is 58.8 Å². The summed E-state index contributed by atoms with van der Waals surface area (Å²) in [5, 5.41) is 47.2. The van der Waals surface area contributed by atoms with Crippen LogP contribution >= 0.6 is 0 Å². The number of amides is 2. The molecule has 214 valence electrons. The number of likely N-dealkylation sites (N-methyl/N-ethyl adjacent to an activating group) is 1. The number of halogens is 1. The number of ketones is 2. The van der Waals surface area contributed by atoms with E-state index in [0.29, 0.717) is 0 Å². The number of rotatable bonds is 5. The number of Topliss-reactive ketones (excluding diaryl/α,β-unsaturated/α-hetero) is 2. The first kappa shape index (κ1) is 27.7. The minimum absolute atomic E-state index is 0.0275. The smallest absolute Gasteiger partial charge is 0.255 e. The van der Waals surface area contributed by atoms with Crippen molar-refractivity contribution < 1.29 is 44.0 Å². The monoisotopic (exact) mass is 558 g/mol. The van der Waals surface area contributed by atoms with Gasteiger partial charge in [0.15, 0.2) is 17.1 Å². The van der Waals surface area contributed by atoms with Gasteiger partial charge in [0.1, 0.15) is 22.9 Å². The molecule has 1 aromatic carbocycles. The Balaban J connectivity index is 1.60. The van der Waals surface area contributed by atoms with E-state index in [0.717, 1.165) is 32.0 Å². The van der Waals surface area contributed by atoms with Crippen molar-refractivity contribution in [3.05, 3.63) is 39.9 Å². The zero-order chi connectivity index (χ0) is 29.3. The number of nitrogens with one attached hydrogen (secondary N) is 1. The second kappa shape index (κ2) is 9.68. The molecule has 0 bridgehead atoms. The molecular weight excluding hydrogens is 527 g/mol. The number of hydrogen-bond donors (Lipinski definition) is 6. The van der Waals surface area contributed by atoms with Gasteiger partial charge in [-0.15, -0.1) is 0 Å². The van der Waals surface area contributed by atoms with Gasteiger partial charge in [0.2, 0.25) is 11.7 Å². The van der Waals surface area contributed by atoms with Crippen LogP contribution in [0.4, 0.5) is 10.1 Å². The lowest BCUT2D eigenvalue weighted by atomic mass is 9.57. The van der Waals surface area contributed by atoms with Gasteiger partial charge in [0.25, 0.3) is 5.91 Å². The number of primary amides is 1. The van der Waals surface area contributed by atoms with Gasteiger partial charge in [-0.3, -0.25) is 29.0 Å². The second-order valence-electron chi connectivity index (χ2n) is 11.1. The van der Waals surface area contributed by atoms with Crippen LogP contribution < -0.4 is 11.1 Å². The minimum atomic E-state index is -2.79. The van der Waals surface area contributed by atoms with E-state index in [1.807, 2.05) is 4.90 Å². The van der Waals surface area contributed by atoms with E-state index in [4.69, 9.17) is 5.73 Å². The summed E-state index contributed by atoms with van der Waals surface area (Å²) < 4.78 is 15.4. The molecule has 13 heteroatoms. The predicted octanol–water partition coefficient (Wildman–Crippen LogP) is 0.137. The van der Waals surface area contributed by atoms with Crippen LogP contribution in [0.15, 0.2) is 23.0 Å². The molecule has 3 aliphatic carbocycles. The zero-order valence-electron chi connectivity index (χ0n) is 22.0. The van der Waals surface area contributed by atoms with E-state index in [2.05, 4.69) is 5.32 Å². The first-order chi connectivity index (χ1) is 18.8. The van der Waals surface area contributed by atoms with Gasteiger partial charge in [0, 0.05) is 23.1 Å². The van der Waals surface area contributed by atoms with Gasteiger partial charge < -0.3 is 31.5 Å². The highest BCUT2D eigenvalue weighted by Crippen LogP contribution is 2.53. The van der Waals surface area contributed by atoms with Crippen LogP contribution in [0.5, 0.6) is 5.75 Å². The number of carbonyl (C=O) groups excluding carboxylic acids is 4. The van der Waals surface area contributed by atoms with Crippen molar-refractivity contribution in [1.82, 2.24) is 9.80 Å². The van der Waals surface area contributed by atoms with E-state index in [1.165, 1.54) is 19.0 Å². The molecule has 0 spiro atoms. The Labute approximate surface area is 228 Å². The minimum Gasteiger partial charge on any atom is -0.508 e. The van der Waals surface area contributed by atoms with Crippen LogP contribution in [-0.4, -0.2) is 99.0 Å². The number of benzene rings is 1. The molecule has 40 heavy (non-hydrogen) atoms. The molecule has 0 aromatic heterocycles. The fourth-order valence-electron chi connectivity index (χ4n) is 6.69. The average Bonchev–Trinajstić information content (AvgIpc) is 3.37. The highest BCUT2D eigenvalue weighted by molar-refractivity contribution is 6.24. The Hall–Kier alpha value is -3.81. The summed E-state index contributed by atoms with van der Waals surface area (Å²) in [7, 11) is 2.98. The number of aliphatic hydroxyl groups is 3. The summed E-state index contributed by atoms with van der Waals surface area (Å²) in [6, 6.07) is -0.292. The lowest BCUT2D eigenvalue weighted by Gasteiger charge is -2.50. The van der Waals surface area contributed by atoms with Crippen LogP contribution in [0, 0.1) is 17.7 Å². The van der Waals surface area contributed by atoms with E-state index in [9.17, 15) is 39.6 Å². The second-order valence-corrected chi connectivity index (χ2v) is 11.1. The number of hydrogen-bond acceptors (Lipinski definition) is 10. The third-order valence-electron chi connectivity index (χ3n) is 8.51. The van der Waals surface area contributed by atoms with Crippen molar-refractivity contribution in [1.29, 1.82) is 0 Å². The van der Waals surface area contributed by atoms with E-state index < -0.39 is 86.7 Å². The molecule has 12 nitrogen and oxygen atoms in total. The molecule has 0 radical (unpaired) electrons. The number of nitrogens with zero attached hydrogens (tertiary/aromatic N) is 2. The number of aromatic hydroxyl groups is 1. The molecule has 2 amide bonds. The molecular formula is C27H31FN4O8. The molecule has 5 rings (SSSR count). The van der Waals surface area contributed by atoms with E-state index >= 15 is 4.39 Å². The molecule has 7 N–H and O–H groups in total. The van der Waals surface area contributed by atoms with Gasteiger partial charge in [-0.2, -0.15) is 0 Å². The van der Waals surface area contributed by atoms with Crippen molar-refractivity contribution >= 4 is 34.8 Å². The quantitative estimate of drug-likeness (QED) is 0.214. The standard InChI is InChI=1S/C27H31FN4O8/c1-31(2)20-13-8-11-7-12-14(28)9-15(30-16(33)10-32-5-3-4-6-32)21(34)18(12)22(35)17(11)24(37)27(13,40)25(38)19(23(20)36)26(29)39/h9,11,13,20,34-35,38,40H,3-8,10H2,1-2H3,(H2,29,39)(H,30,33)/t11?,13?,20-,27-/m0/s1. The molecule has 2 unspecified atom stereocenters. The predicted molar refractivity (Wildman–Crippen MR) is 139 cm³/mol. The average molecular weight is 559 g/mol. The number of phenols is 1. The Bertz CT molecular complexity index is 1410. The lowest BCUT2D eigenvalue weighted by Crippen LogP contribution is -2.65. The molecule has 4 atom stereocenters. The summed E-state index contributed by atoms with van der Waals surface area (Å²) in [5.41, 5.74) is 0.362. The van der Waals surface area contributed by atoms with Gasteiger partial charge >= 0.3 is 0 Å². The maximum atomic E-state index is 15.4. The van der Waals surface area contributed by atoms with Crippen LogP contribution in [0.25, 0.3) is 5.76 Å². The number of phenolic OH excluding ortho intramolecular Hbond substituents is 1. The van der Waals surface area contributed by atoms with E-state index in [-0.39, 0.29) is 30.6 Å². The third kappa shape index (κ3) is 3.99. The van der Waals surface area contributed by atoms with Crippen molar-refractivity contribution in [2.24, 2.45) is 17.6 Å². The lowest BCUT2D eigenvalue weighted by molar-refractivity contribution is -0.153. The highest BCUT2D eigenvalue weighted by atomic mass is 19.1. The van der Waals surface area contributed by atoms with Crippen molar-refractivity contribution in [3.63, 3.8) is 0 Å². The maximum absolute atomic E-state index is 15.4. The van der Waals surface area contributed by atoms with Crippen molar-refractivity contribution in [2.45, 2.75) is 37.3 Å². The number of likely N-dealkylation sites (tertiary alicyclic amines) is 1. The third-order valence-corrected chi connectivity index (χ3v) is 8.51. The zero-order valence-corrected chi connectivity index (χ0v) is 22.0. The summed E-state index contributed by atoms with van der Waals surface area (Å²) in [4.78, 5) is 54.8. The van der Waals surface area contributed by atoms with Crippen LogP contribution in [0.3, 0.4) is 0 Å². The highest BCUT2D eigenvalue weighted by Gasteiger charge is 2.64. The summed E-state index contributed by atoms with van der Waals surface area (Å²) >= 11 is 0. The largest absolute Gasteiger partial charge is 0.508 e. The number of nitrogens with two attached hydrogens (primary N) is 1. The molecule has 2 fully saturated rings. The number of anilines is 1.